The number of hydrogen-bond acceptors (Lipinski definition) is 5. The van der Waals surface area contributed by atoms with Gasteiger partial charge in [0, 0.05) is 78.2 Å². The summed E-state index contributed by atoms with van der Waals surface area (Å²) in [6, 6.07) is 6.37. The standard InChI is InChI=1S/C24H38N4O4/c1-18-16-21(31-5)6-7-22(18)23(29)26(4)12-13-28(19-9-14-32-15-10-19)20-8-11-27(17-20)24(30)25(2)3/h6-7,16,19-20H,8-15,17H2,1-5H3. The molecule has 3 amide bonds. The molecule has 1 unspecified atom stereocenters. The SMILES string of the molecule is COc1ccc(C(=O)N(C)CCN(C2CCOCC2)C2CCN(C(=O)N(C)C)C2)c(C)c1. The van der Waals surface area contributed by atoms with Crippen LogP contribution in [0.5, 0.6) is 5.75 Å². The maximum Gasteiger partial charge on any atom is 0.319 e. The molecule has 1 aromatic carbocycles. The van der Waals surface area contributed by atoms with Crippen molar-refractivity contribution in [3.8, 4) is 5.75 Å². The van der Waals surface area contributed by atoms with Crippen molar-refractivity contribution in [3.63, 3.8) is 0 Å². The van der Waals surface area contributed by atoms with Gasteiger partial charge in [-0.2, -0.15) is 0 Å². The fourth-order valence-electron chi connectivity index (χ4n) is 4.72. The van der Waals surface area contributed by atoms with Gasteiger partial charge < -0.3 is 24.2 Å². The van der Waals surface area contributed by atoms with E-state index in [1.165, 1.54) is 0 Å². The number of likely N-dealkylation sites (N-methyl/N-ethyl adjacent to an activating group) is 1. The summed E-state index contributed by atoms with van der Waals surface area (Å²) in [5, 5.41) is 0. The fraction of sp³-hybridized carbons (Fsp3) is 0.667. The van der Waals surface area contributed by atoms with Crippen molar-refractivity contribution in [1.82, 2.24) is 19.6 Å². The van der Waals surface area contributed by atoms with E-state index >= 15 is 0 Å². The predicted octanol–water partition coefficient (Wildman–Crippen LogP) is 2.31. The zero-order valence-corrected chi connectivity index (χ0v) is 20.2. The van der Waals surface area contributed by atoms with Gasteiger partial charge in [-0.1, -0.05) is 0 Å². The minimum atomic E-state index is 0.0212. The number of benzene rings is 1. The molecule has 1 atom stereocenters. The van der Waals surface area contributed by atoms with Gasteiger partial charge in [0.25, 0.3) is 5.91 Å². The van der Waals surface area contributed by atoms with E-state index in [4.69, 9.17) is 9.47 Å². The van der Waals surface area contributed by atoms with Crippen LogP contribution < -0.4 is 4.74 Å². The second-order valence-electron chi connectivity index (χ2n) is 9.05. The van der Waals surface area contributed by atoms with Crippen LogP contribution >= 0.6 is 0 Å². The molecule has 2 aliphatic heterocycles. The Bertz CT molecular complexity index is 794. The van der Waals surface area contributed by atoms with Gasteiger partial charge in [-0.05, 0) is 49.9 Å². The fourth-order valence-corrected chi connectivity index (χ4v) is 4.72. The van der Waals surface area contributed by atoms with E-state index in [1.54, 1.807) is 31.0 Å². The highest BCUT2D eigenvalue weighted by Crippen LogP contribution is 2.24. The summed E-state index contributed by atoms with van der Waals surface area (Å²) < 4.78 is 10.8. The molecule has 0 saturated carbocycles. The van der Waals surface area contributed by atoms with Crippen LogP contribution in [0.25, 0.3) is 0 Å². The van der Waals surface area contributed by atoms with E-state index in [1.807, 2.05) is 37.1 Å². The number of rotatable bonds is 7. The molecule has 2 heterocycles. The van der Waals surface area contributed by atoms with Crippen LogP contribution in [0.15, 0.2) is 18.2 Å². The number of aryl methyl sites for hydroxylation is 1. The average Bonchev–Trinajstić information content (AvgIpc) is 3.28. The summed E-state index contributed by atoms with van der Waals surface area (Å²) in [4.78, 5) is 33.4. The zero-order chi connectivity index (χ0) is 23.3. The molecule has 0 aliphatic carbocycles. The zero-order valence-electron chi connectivity index (χ0n) is 20.2. The molecule has 178 valence electrons. The van der Waals surface area contributed by atoms with E-state index in [9.17, 15) is 9.59 Å². The minimum absolute atomic E-state index is 0.0212. The van der Waals surface area contributed by atoms with Crippen molar-refractivity contribution in [2.45, 2.75) is 38.3 Å². The van der Waals surface area contributed by atoms with Crippen LogP contribution in [0.3, 0.4) is 0 Å². The molecule has 0 bridgehead atoms. The Balaban J connectivity index is 1.66. The van der Waals surface area contributed by atoms with Gasteiger partial charge in [0.15, 0.2) is 0 Å². The van der Waals surface area contributed by atoms with Crippen LogP contribution in [0.1, 0.15) is 35.2 Å². The lowest BCUT2D eigenvalue weighted by Gasteiger charge is -2.39. The van der Waals surface area contributed by atoms with Gasteiger partial charge in [0.05, 0.1) is 7.11 Å². The van der Waals surface area contributed by atoms with Gasteiger partial charge in [-0.25, -0.2) is 4.79 Å². The van der Waals surface area contributed by atoms with Crippen molar-refractivity contribution in [2.75, 3.05) is 67.6 Å². The monoisotopic (exact) mass is 446 g/mol. The summed E-state index contributed by atoms with van der Waals surface area (Å²) in [5.74, 6) is 0.776. The normalized spacial score (nSPS) is 19.3. The summed E-state index contributed by atoms with van der Waals surface area (Å²) in [5.41, 5.74) is 1.62. The Kier molecular flexibility index (Phi) is 8.37. The first-order chi connectivity index (χ1) is 15.3. The van der Waals surface area contributed by atoms with Gasteiger partial charge in [-0.3, -0.25) is 9.69 Å². The quantitative estimate of drug-likeness (QED) is 0.643. The Hall–Kier alpha value is -2.32. The number of hydrogen-bond donors (Lipinski definition) is 0. The highest BCUT2D eigenvalue weighted by Gasteiger charge is 2.35. The lowest BCUT2D eigenvalue weighted by Crippen LogP contribution is -2.50. The third-order valence-electron chi connectivity index (χ3n) is 6.65. The third kappa shape index (κ3) is 5.72. The third-order valence-corrected chi connectivity index (χ3v) is 6.65. The number of amides is 3. The minimum Gasteiger partial charge on any atom is -0.497 e. The van der Waals surface area contributed by atoms with Gasteiger partial charge in [0.2, 0.25) is 0 Å². The first-order valence-electron chi connectivity index (χ1n) is 11.5. The molecule has 8 heteroatoms. The van der Waals surface area contributed by atoms with Crippen LogP contribution in [0.2, 0.25) is 0 Å². The Morgan fingerprint density at radius 3 is 2.44 bits per heavy atom. The van der Waals surface area contributed by atoms with Crippen molar-refractivity contribution >= 4 is 11.9 Å². The Morgan fingerprint density at radius 2 is 1.81 bits per heavy atom. The van der Waals surface area contributed by atoms with Crippen molar-refractivity contribution in [3.05, 3.63) is 29.3 Å². The average molecular weight is 447 g/mol. The van der Waals surface area contributed by atoms with Crippen LogP contribution in [0.4, 0.5) is 4.79 Å². The maximum absolute atomic E-state index is 13.1. The lowest BCUT2D eigenvalue weighted by atomic mass is 10.0. The first-order valence-corrected chi connectivity index (χ1v) is 11.5. The lowest BCUT2D eigenvalue weighted by molar-refractivity contribution is 0.0151. The smallest absolute Gasteiger partial charge is 0.319 e. The molecular formula is C24H38N4O4. The van der Waals surface area contributed by atoms with Gasteiger partial charge in [0.1, 0.15) is 5.75 Å². The van der Waals surface area contributed by atoms with Crippen molar-refractivity contribution in [1.29, 1.82) is 0 Å². The van der Waals surface area contributed by atoms with Crippen LogP contribution in [-0.2, 0) is 4.74 Å². The largest absolute Gasteiger partial charge is 0.497 e. The van der Waals surface area contributed by atoms with Crippen LogP contribution in [-0.4, -0.2) is 111 Å². The molecule has 8 nitrogen and oxygen atoms in total. The van der Waals surface area contributed by atoms with Gasteiger partial charge >= 0.3 is 6.03 Å². The van der Waals surface area contributed by atoms with Crippen molar-refractivity contribution in [2.24, 2.45) is 0 Å². The summed E-state index contributed by atoms with van der Waals surface area (Å²) in [6.07, 6.45) is 2.95. The Morgan fingerprint density at radius 1 is 1.09 bits per heavy atom. The molecule has 2 aliphatic rings. The molecule has 2 saturated heterocycles. The molecule has 2 fully saturated rings. The van der Waals surface area contributed by atoms with E-state index in [2.05, 4.69) is 4.90 Å². The van der Waals surface area contributed by atoms with Gasteiger partial charge in [-0.15, -0.1) is 0 Å². The summed E-state index contributed by atoms with van der Waals surface area (Å²) >= 11 is 0. The highest BCUT2D eigenvalue weighted by molar-refractivity contribution is 5.95. The maximum atomic E-state index is 13.1. The van der Waals surface area contributed by atoms with E-state index in [0.717, 1.165) is 63.4 Å². The molecule has 0 radical (unpaired) electrons. The highest BCUT2D eigenvalue weighted by atomic mass is 16.5. The first kappa shape index (κ1) is 24.3. The molecule has 0 aromatic heterocycles. The number of urea groups is 1. The van der Waals surface area contributed by atoms with Crippen molar-refractivity contribution < 1.29 is 19.1 Å². The number of methoxy groups -OCH3 is 1. The topological polar surface area (TPSA) is 65.6 Å². The molecule has 3 rings (SSSR count). The second-order valence-corrected chi connectivity index (χ2v) is 9.05. The molecular weight excluding hydrogens is 408 g/mol. The second kappa shape index (κ2) is 11.0. The summed E-state index contributed by atoms with van der Waals surface area (Å²) in [6.45, 7) is 6.43. The number of ether oxygens (including phenoxy) is 2. The van der Waals surface area contributed by atoms with E-state index in [-0.39, 0.29) is 11.9 Å². The van der Waals surface area contributed by atoms with E-state index < -0.39 is 0 Å². The van der Waals surface area contributed by atoms with E-state index in [0.29, 0.717) is 24.2 Å². The Labute approximate surface area is 192 Å². The number of carbonyl (C=O) groups excluding carboxylic acids is 2. The summed E-state index contributed by atoms with van der Waals surface area (Å²) in [7, 11) is 7.09. The predicted molar refractivity (Wildman–Crippen MR) is 124 cm³/mol. The molecule has 0 N–H and O–H groups in total. The number of nitrogens with zero attached hydrogens (tertiary/aromatic N) is 4. The molecule has 1 aromatic rings. The van der Waals surface area contributed by atoms with Crippen LogP contribution in [0, 0.1) is 6.92 Å². The number of likely N-dealkylation sites (tertiary alicyclic amines) is 1. The molecule has 32 heavy (non-hydrogen) atoms. The number of carbonyl (C=O) groups is 2. The molecule has 0 spiro atoms.